The number of hydrogen-bond donors (Lipinski definition) is 5. The van der Waals surface area contributed by atoms with E-state index >= 15 is 0 Å². The molecule has 7 unspecified atom stereocenters. The van der Waals surface area contributed by atoms with Crippen LogP contribution in [0.5, 0.6) is 0 Å². The minimum absolute atomic E-state index is 0.0459. The number of aromatic amines is 1. The van der Waals surface area contributed by atoms with E-state index in [0.717, 1.165) is 42.1 Å². The summed E-state index contributed by atoms with van der Waals surface area (Å²) in [6.45, 7) is 15.0. The van der Waals surface area contributed by atoms with Gasteiger partial charge in [0, 0.05) is 70.7 Å². The predicted molar refractivity (Wildman–Crippen MR) is 275 cm³/mol. The largest absolute Gasteiger partial charge is 0.480 e. The van der Waals surface area contributed by atoms with Crippen LogP contribution >= 0.6 is 0 Å². The summed E-state index contributed by atoms with van der Waals surface area (Å²) in [4.78, 5) is 103. The van der Waals surface area contributed by atoms with Crippen molar-refractivity contribution in [3.63, 3.8) is 0 Å². The van der Waals surface area contributed by atoms with Crippen LogP contribution in [-0.4, -0.2) is 176 Å². The number of imide groups is 1. The molecule has 0 spiro atoms. The second kappa shape index (κ2) is 29.6. The van der Waals surface area contributed by atoms with Gasteiger partial charge in [0.2, 0.25) is 35.4 Å². The minimum atomic E-state index is -1.19. The Morgan fingerprint density at radius 1 is 0.873 bits per heavy atom. The van der Waals surface area contributed by atoms with Gasteiger partial charge in [-0.05, 0) is 82.8 Å². The summed E-state index contributed by atoms with van der Waals surface area (Å²) in [6.07, 6.45) is 6.22. The average Bonchev–Trinajstić information content (AvgIpc) is 4.07. The number of carboxylic acids is 1. The lowest BCUT2D eigenvalue weighted by molar-refractivity contribution is -0.148. The van der Waals surface area contributed by atoms with Crippen LogP contribution < -0.4 is 16.0 Å². The van der Waals surface area contributed by atoms with E-state index < -0.39 is 60.2 Å². The number of benzene rings is 1. The van der Waals surface area contributed by atoms with E-state index in [4.69, 9.17) is 9.47 Å². The lowest BCUT2D eigenvalue weighted by Gasteiger charge is -2.41. The standard InChI is InChI=1S/C51H81N7O10.C2H7N/c1-12-33(6)46(56(9)50(64)44(31(2)3)54-49(63)45(32(4)5)55(8)25-17-13-14-18-26-58-41(59)23-24-42(58)60)40(67-10)29-43(61)57-27-19-22-39(57)47(68-11)34(7)48(62)53-38(51(65)66)28-35-30-52-37-21-16-15-20-36(35)37;1-3-2/h15-16,20-21,30-34,38-40,44-47,52H,12-14,17-19,22-29H2,1-11H3,(H,53,62)(H,54,63)(H,65,66);3H,1-2H3/t33?,34?,38-,39?,40?,44-,45?,46?,47?;/m0./s1. The van der Waals surface area contributed by atoms with Crippen molar-refractivity contribution < 1.29 is 48.1 Å². The van der Waals surface area contributed by atoms with Gasteiger partial charge in [0.05, 0.1) is 42.7 Å². The summed E-state index contributed by atoms with van der Waals surface area (Å²) < 4.78 is 12.0. The van der Waals surface area contributed by atoms with Crippen LogP contribution in [0.3, 0.4) is 0 Å². The highest BCUT2D eigenvalue weighted by atomic mass is 16.5. The number of nitrogens with zero attached hydrogens (tertiary/aromatic N) is 4. The number of likely N-dealkylation sites (N-methyl/N-ethyl adjacent to an activating group) is 2. The molecular formula is C53H88N8O10. The van der Waals surface area contributed by atoms with Gasteiger partial charge in [-0.3, -0.25) is 38.6 Å². The Labute approximate surface area is 423 Å². The van der Waals surface area contributed by atoms with Gasteiger partial charge < -0.3 is 45.3 Å². The van der Waals surface area contributed by atoms with Gasteiger partial charge in [0.25, 0.3) is 0 Å². The smallest absolute Gasteiger partial charge is 0.326 e. The summed E-state index contributed by atoms with van der Waals surface area (Å²) in [7, 11) is 10.4. The number of para-hydroxylation sites is 1. The number of amides is 6. The third-order valence-corrected chi connectivity index (χ3v) is 14.4. The maximum Gasteiger partial charge on any atom is 0.326 e. The van der Waals surface area contributed by atoms with Gasteiger partial charge in [0.1, 0.15) is 12.1 Å². The third kappa shape index (κ3) is 16.6. The molecule has 6 amide bonds. The zero-order valence-corrected chi connectivity index (χ0v) is 45.0. The van der Waals surface area contributed by atoms with Crippen molar-refractivity contribution >= 4 is 52.3 Å². The van der Waals surface area contributed by atoms with Gasteiger partial charge in [0.15, 0.2) is 0 Å². The Kier molecular flexibility index (Phi) is 25.2. The number of aliphatic carboxylic acids is 1. The van der Waals surface area contributed by atoms with E-state index in [1.807, 2.05) is 91.9 Å². The first kappa shape index (κ1) is 60.4. The monoisotopic (exact) mass is 997 g/mol. The highest BCUT2D eigenvalue weighted by molar-refractivity contribution is 6.01. The molecule has 9 atom stereocenters. The number of carbonyl (C=O) groups is 7. The number of carbonyl (C=O) groups excluding carboxylic acids is 6. The molecular weight excluding hydrogens is 909 g/mol. The molecule has 71 heavy (non-hydrogen) atoms. The second-order valence-electron chi connectivity index (χ2n) is 20.3. The lowest BCUT2D eigenvalue weighted by atomic mass is 9.89. The van der Waals surface area contributed by atoms with Gasteiger partial charge in [-0.15, -0.1) is 0 Å². The van der Waals surface area contributed by atoms with Crippen LogP contribution in [0.15, 0.2) is 30.5 Å². The van der Waals surface area contributed by atoms with E-state index in [1.54, 1.807) is 30.0 Å². The van der Waals surface area contributed by atoms with Crippen LogP contribution in [0, 0.1) is 23.7 Å². The molecule has 3 heterocycles. The SMILES string of the molecule is CCC(C)C(C(CC(=O)N1CCCC1C(OC)C(C)C(=O)N[C@@H](Cc1c[nH]c2ccccc12)C(=O)O)OC)N(C)C(=O)[C@@H](NC(=O)C(C(C)C)N(C)CCCCCCN1C(=O)CCC1=O)C(C)C.CNC. The van der Waals surface area contributed by atoms with Crippen LogP contribution in [0.1, 0.15) is 118 Å². The normalized spacial score (nSPS) is 18.5. The summed E-state index contributed by atoms with van der Waals surface area (Å²) >= 11 is 0. The quantitative estimate of drug-likeness (QED) is 0.0571. The molecule has 2 saturated heterocycles. The number of unbranched alkanes of at least 4 members (excludes halogenated alkanes) is 3. The van der Waals surface area contributed by atoms with Crippen LogP contribution in [0.2, 0.25) is 0 Å². The van der Waals surface area contributed by atoms with Crippen molar-refractivity contribution in [2.45, 2.75) is 162 Å². The molecule has 18 nitrogen and oxygen atoms in total. The van der Waals surface area contributed by atoms with Crippen LogP contribution in [0.4, 0.5) is 0 Å². The number of ether oxygens (including phenoxy) is 2. The number of nitrogens with one attached hydrogen (secondary N) is 4. The lowest BCUT2D eigenvalue weighted by Crippen LogP contribution is -2.60. The van der Waals surface area contributed by atoms with Crippen molar-refractivity contribution in [2.75, 3.05) is 62.0 Å². The Balaban J connectivity index is 0.00000432. The highest BCUT2D eigenvalue weighted by Crippen LogP contribution is 2.30. The van der Waals surface area contributed by atoms with Crippen molar-refractivity contribution in [1.82, 2.24) is 40.5 Å². The van der Waals surface area contributed by atoms with Gasteiger partial charge in [-0.2, -0.15) is 0 Å². The molecule has 2 fully saturated rings. The number of H-pyrrole nitrogens is 1. The molecule has 5 N–H and O–H groups in total. The predicted octanol–water partition coefficient (Wildman–Crippen LogP) is 4.84. The summed E-state index contributed by atoms with van der Waals surface area (Å²) in [5, 5.41) is 19.6. The van der Waals surface area contributed by atoms with Crippen molar-refractivity contribution in [1.29, 1.82) is 0 Å². The highest BCUT2D eigenvalue weighted by Gasteiger charge is 2.44. The first-order chi connectivity index (χ1) is 33.7. The second-order valence-corrected chi connectivity index (χ2v) is 20.3. The Hall–Kier alpha value is -4.91. The molecule has 18 heteroatoms. The Bertz CT molecular complexity index is 2030. The summed E-state index contributed by atoms with van der Waals surface area (Å²) in [5.41, 5.74) is 1.64. The zero-order valence-electron chi connectivity index (χ0n) is 45.0. The third-order valence-electron chi connectivity index (χ3n) is 14.4. The number of fused-ring (bicyclic) bond motifs is 1. The molecule has 1 aromatic carbocycles. The molecule has 2 aromatic rings. The number of likely N-dealkylation sites (tertiary alicyclic amines) is 2. The van der Waals surface area contributed by atoms with E-state index in [-0.39, 0.29) is 60.1 Å². The van der Waals surface area contributed by atoms with E-state index in [0.29, 0.717) is 51.7 Å². The van der Waals surface area contributed by atoms with E-state index in [9.17, 15) is 38.7 Å². The molecule has 2 aliphatic heterocycles. The maximum absolute atomic E-state index is 14.6. The first-order valence-corrected chi connectivity index (χ1v) is 25.8. The van der Waals surface area contributed by atoms with Gasteiger partial charge >= 0.3 is 5.97 Å². The average molecular weight is 997 g/mol. The minimum Gasteiger partial charge on any atom is -0.480 e. The number of hydrogen-bond acceptors (Lipinski definition) is 11. The van der Waals surface area contributed by atoms with Crippen LogP contribution in [-0.2, 0) is 49.5 Å². The molecule has 0 bridgehead atoms. The fourth-order valence-corrected chi connectivity index (χ4v) is 10.3. The molecule has 0 radical (unpaired) electrons. The molecule has 2 aliphatic rings. The molecule has 0 saturated carbocycles. The number of rotatable bonds is 28. The first-order valence-electron chi connectivity index (χ1n) is 25.8. The zero-order chi connectivity index (χ0) is 53.1. The summed E-state index contributed by atoms with van der Waals surface area (Å²) in [5.74, 6) is -3.76. The Morgan fingerprint density at radius 2 is 1.51 bits per heavy atom. The molecule has 400 valence electrons. The number of aromatic nitrogens is 1. The fourth-order valence-electron chi connectivity index (χ4n) is 10.3. The molecule has 4 rings (SSSR count). The van der Waals surface area contributed by atoms with Gasteiger partial charge in [-0.25, -0.2) is 4.79 Å². The van der Waals surface area contributed by atoms with E-state index in [2.05, 4.69) is 20.9 Å². The topological polar surface area (TPSA) is 223 Å². The van der Waals surface area contributed by atoms with Crippen LogP contribution in [0.25, 0.3) is 10.9 Å². The van der Waals surface area contributed by atoms with Crippen molar-refractivity contribution in [2.24, 2.45) is 23.7 Å². The number of carboxylic acid groups (broad SMARTS) is 1. The van der Waals surface area contributed by atoms with Crippen molar-refractivity contribution in [3.8, 4) is 0 Å². The van der Waals surface area contributed by atoms with Gasteiger partial charge in [-0.1, -0.05) is 85.9 Å². The number of methoxy groups -OCH3 is 2. The molecule has 1 aromatic heterocycles. The molecule has 0 aliphatic carbocycles. The summed E-state index contributed by atoms with van der Waals surface area (Å²) in [6, 6.07) is 4.04. The fraction of sp³-hybridized carbons (Fsp3) is 0.717. The Morgan fingerprint density at radius 3 is 2.08 bits per heavy atom. The van der Waals surface area contributed by atoms with Crippen molar-refractivity contribution in [3.05, 3.63) is 36.0 Å². The maximum atomic E-state index is 14.6. The van der Waals surface area contributed by atoms with E-state index in [1.165, 1.54) is 19.1 Å².